The minimum atomic E-state index is 0.491. The molecule has 2 aliphatic heterocycles. The minimum absolute atomic E-state index is 0.491. The molecule has 0 bridgehead atoms. The number of phenolic OH excluding ortho intramolecular Hbond substituents is 1. The summed E-state index contributed by atoms with van der Waals surface area (Å²) < 4.78 is 1.04. The molecule has 0 spiro atoms. The number of hydrogen-bond acceptors (Lipinski definition) is 8. The SMILES string of the molecule is CCCCc1c(-c2cc(CN3CCN(C)CC3)c(O)c(CN3CCN(C)CC3)c2)ssc1=S. The number of piperazine rings is 2. The van der Waals surface area contributed by atoms with Crippen LogP contribution >= 0.6 is 32.9 Å². The topological polar surface area (TPSA) is 33.2 Å². The van der Waals surface area contributed by atoms with Gasteiger partial charge in [-0.1, -0.05) is 46.2 Å². The average Bonchev–Trinajstić information content (AvgIpc) is 3.18. The lowest BCUT2D eigenvalue weighted by Gasteiger charge is -2.34. The van der Waals surface area contributed by atoms with Crippen LogP contribution in [0.4, 0.5) is 0 Å². The van der Waals surface area contributed by atoms with Crippen LogP contribution in [0.1, 0.15) is 36.5 Å². The summed E-state index contributed by atoms with van der Waals surface area (Å²) in [7, 11) is 7.91. The van der Waals surface area contributed by atoms with E-state index >= 15 is 0 Å². The van der Waals surface area contributed by atoms with Crippen molar-refractivity contribution in [1.82, 2.24) is 19.6 Å². The largest absolute Gasteiger partial charge is 0.507 e. The minimum Gasteiger partial charge on any atom is -0.507 e. The van der Waals surface area contributed by atoms with E-state index in [0.717, 1.165) is 86.8 Å². The summed E-state index contributed by atoms with van der Waals surface area (Å²) in [5.74, 6) is 0.491. The summed E-state index contributed by atoms with van der Waals surface area (Å²) in [6.45, 7) is 12.4. The van der Waals surface area contributed by atoms with Crippen molar-refractivity contribution in [2.24, 2.45) is 0 Å². The first-order chi connectivity index (χ1) is 15.9. The van der Waals surface area contributed by atoms with Gasteiger partial charge in [-0.15, -0.1) is 0 Å². The van der Waals surface area contributed by atoms with Crippen molar-refractivity contribution in [2.45, 2.75) is 39.3 Å². The van der Waals surface area contributed by atoms with E-state index in [0.29, 0.717) is 5.75 Å². The van der Waals surface area contributed by atoms with Gasteiger partial charge in [-0.3, -0.25) is 9.80 Å². The average molecular weight is 507 g/mol. The summed E-state index contributed by atoms with van der Waals surface area (Å²) in [5, 5.41) is 11.4. The van der Waals surface area contributed by atoms with E-state index in [1.54, 1.807) is 10.3 Å². The first kappa shape index (κ1) is 25.2. The number of hydrogen-bond donors (Lipinski definition) is 1. The van der Waals surface area contributed by atoms with Crippen molar-refractivity contribution in [3.8, 4) is 16.2 Å². The molecule has 0 amide bonds. The summed E-state index contributed by atoms with van der Waals surface area (Å²) >= 11 is 5.72. The number of likely N-dealkylation sites (N-methyl/N-ethyl adjacent to an activating group) is 2. The number of rotatable bonds is 8. The molecular weight excluding hydrogens is 469 g/mol. The van der Waals surface area contributed by atoms with Crippen molar-refractivity contribution < 1.29 is 5.11 Å². The second kappa shape index (κ2) is 11.7. The zero-order chi connectivity index (χ0) is 23.4. The quantitative estimate of drug-likeness (QED) is 0.411. The summed E-state index contributed by atoms with van der Waals surface area (Å²) in [5.41, 5.74) is 4.70. The van der Waals surface area contributed by atoms with Gasteiger partial charge in [0.15, 0.2) is 0 Å². The molecule has 2 aromatic rings. The highest BCUT2D eigenvalue weighted by molar-refractivity contribution is 7.80. The summed E-state index contributed by atoms with van der Waals surface area (Å²) in [4.78, 5) is 11.0. The smallest absolute Gasteiger partial charge is 0.124 e. The van der Waals surface area contributed by atoms with Crippen LogP contribution in [0.2, 0.25) is 0 Å². The second-order valence-electron chi connectivity index (χ2n) is 9.67. The molecule has 182 valence electrons. The van der Waals surface area contributed by atoms with Crippen molar-refractivity contribution >= 4 is 32.9 Å². The van der Waals surface area contributed by atoms with E-state index in [2.05, 4.69) is 52.8 Å². The Labute approximate surface area is 211 Å². The fourth-order valence-electron chi connectivity index (χ4n) is 4.69. The maximum atomic E-state index is 11.4. The van der Waals surface area contributed by atoms with Crippen molar-refractivity contribution in [3.05, 3.63) is 32.6 Å². The molecule has 1 aromatic heterocycles. The fraction of sp³-hybridized carbons (Fsp3) is 0.640. The lowest BCUT2D eigenvalue weighted by atomic mass is 9.99. The highest BCUT2D eigenvalue weighted by atomic mass is 32.9. The Morgan fingerprint density at radius 3 is 1.85 bits per heavy atom. The summed E-state index contributed by atoms with van der Waals surface area (Å²) in [6, 6.07) is 4.48. The molecule has 3 heterocycles. The maximum Gasteiger partial charge on any atom is 0.124 e. The third-order valence-electron chi connectivity index (χ3n) is 7.01. The Morgan fingerprint density at radius 1 is 0.848 bits per heavy atom. The van der Waals surface area contributed by atoms with Gasteiger partial charge in [0.1, 0.15) is 9.57 Å². The van der Waals surface area contributed by atoms with Gasteiger partial charge in [0.25, 0.3) is 0 Å². The molecule has 2 saturated heterocycles. The molecule has 0 aliphatic carbocycles. The Hall–Kier alpha value is -0.870. The van der Waals surface area contributed by atoms with E-state index in [9.17, 15) is 5.11 Å². The molecule has 0 radical (unpaired) electrons. The van der Waals surface area contributed by atoms with Gasteiger partial charge >= 0.3 is 0 Å². The van der Waals surface area contributed by atoms with Gasteiger partial charge in [-0.05, 0) is 50.2 Å². The third kappa shape index (κ3) is 6.42. The van der Waals surface area contributed by atoms with Gasteiger partial charge in [0.2, 0.25) is 0 Å². The van der Waals surface area contributed by atoms with E-state index < -0.39 is 0 Å². The predicted octanol–water partition coefficient (Wildman–Crippen LogP) is 4.75. The molecule has 0 saturated carbocycles. The molecule has 33 heavy (non-hydrogen) atoms. The molecule has 5 nitrogen and oxygen atoms in total. The van der Waals surface area contributed by atoms with Crippen LogP contribution in [0.3, 0.4) is 0 Å². The predicted molar refractivity (Wildman–Crippen MR) is 144 cm³/mol. The Kier molecular flexibility index (Phi) is 8.95. The fourth-order valence-corrected chi connectivity index (χ4v) is 7.68. The number of unbranched alkanes of at least 4 members (excludes halogenated alkanes) is 1. The normalized spacial score (nSPS) is 19.4. The molecule has 2 aliphatic rings. The van der Waals surface area contributed by atoms with Gasteiger partial charge in [-0.25, -0.2) is 0 Å². The van der Waals surface area contributed by atoms with Crippen LogP contribution in [-0.4, -0.2) is 91.2 Å². The van der Waals surface area contributed by atoms with Crippen LogP contribution < -0.4 is 0 Å². The molecule has 4 rings (SSSR count). The highest BCUT2D eigenvalue weighted by Gasteiger charge is 2.22. The lowest BCUT2D eigenvalue weighted by molar-refractivity contribution is 0.144. The monoisotopic (exact) mass is 506 g/mol. The summed E-state index contributed by atoms with van der Waals surface area (Å²) in [6.07, 6.45) is 3.39. The maximum absolute atomic E-state index is 11.4. The molecule has 0 atom stereocenters. The number of aromatic hydroxyl groups is 1. The number of phenols is 1. The highest BCUT2D eigenvalue weighted by Crippen LogP contribution is 2.39. The van der Waals surface area contributed by atoms with E-state index in [1.807, 2.05) is 10.3 Å². The van der Waals surface area contributed by atoms with Crippen molar-refractivity contribution in [2.75, 3.05) is 66.5 Å². The van der Waals surface area contributed by atoms with E-state index in [4.69, 9.17) is 12.2 Å². The van der Waals surface area contributed by atoms with Gasteiger partial charge in [0, 0.05) is 76.6 Å². The molecular formula is C25H38N4OS3. The van der Waals surface area contributed by atoms with Gasteiger partial charge < -0.3 is 14.9 Å². The van der Waals surface area contributed by atoms with Crippen molar-refractivity contribution in [3.63, 3.8) is 0 Å². The third-order valence-corrected chi connectivity index (χ3v) is 10.2. The van der Waals surface area contributed by atoms with Gasteiger partial charge in [0.05, 0.1) is 4.88 Å². The van der Waals surface area contributed by atoms with Crippen LogP contribution in [0.15, 0.2) is 12.1 Å². The van der Waals surface area contributed by atoms with E-state index in [-0.39, 0.29) is 0 Å². The second-order valence-corrected chi connectivity index (χ2v) is 12.5. The van der Waals surface area contributed by atoms with Crippen molar-refractivity contribution in [1.29, 1.82) is 0 Å². The number of benzene rings is 1. The van der Waals surface area contributed by atoms with Gasteiger partial charge in [-0.2, -0.15) is 0 Å². The van der Waals surface area contributed by atoms with Crippen LogP contribution in [0.25, 0.3) is 10.4 Å². The molecule has 1 N–H and O–H groups in total. The first-order valence-corrected chi connectivity index (χ1v) is 14.8. The van der Waals surface area contributed by atoms with Crippen LogP contribution in [0.5, 0.6) is 5.75 Å². The first-order valence-electron chi connectivity index (χ1n) is 12.2. The zero-order valence-corrected chi connectivity index (χ0v) is 22.8. The molecule has 1 aromatic carbocycles. The molecule has 8 heteroatoms. The standard InChI is InChI=1S/C25H38N4OS3/c1-4-5-6-22-24(32-33-25(22)31)19-15-20(17-28-11-7-26(2)8-12-28)23(30)21(16-19)18-29-13-9-27(3)10-14-29/h15-16,30H,4-14,17-18H2,1-3H3. The van der Waals surface area contributed by atoms with Crippen LogP contribution in [0, 0.1) is 3.82 Å². The van der Waals surface area contributed by atoms with E-state index in [1.165, 1.54) is 28.8 Å². The molecule has 2 fully saturated rings. The zero-order valence-electron chi connectivity index (χ0n) is 20.3. The number of nitrogens with zero attached hydrogens (tertiary/aromatic N) is 4. The Bertz CT molecular complexity index is 927. The Morgan fingerprint density at radius 2 is 1.36 bits per heavy atom. The van der Waals surface area contributed by atoms with Crippen LogP contribution in [-0.2, 0) is 19.5 Å². The molecule has 0 unspecified atom stereocenters. The Balaban J connectivity index is 1.66. The lowest BCUT2D eigenvalue weighted by Crippen LogP contribution is -2.44.